The average Bonchev–Trinajstić information content (AvgIpc) is 3.51. The van der Waals surface area contributed by atoms with E-state index in [2.05, 4.69) is 0 Å². The fraction of sp³-hybridized carbons (Fsp3) is 0.818. The molecule has 12 nitrogen and oxygen atoms in total. The Morgan fingerprint density at radius 3 is 2.63 bits per heavy atom. The summed E-state index contributed by atoms with van der Waals surface area (Å²) < 4.78 is 28.8. The van der Waals surface area contributed by atoms with E-state index in [1.54, 1.807) is 0 Å². The van der Waals surface area contributed by atoms with Crippen molar-refractivity contribution in [3.8, 4) is 0 Å². The molecule has 2 spiro atoms. The van der Waals surface area contributed by atoms with E-state index in [9.17, 15) is 29.4 Å². The Bertz CT molecular complexity index is 1030. The zero-order valence-corrected chi connectivity index (χ0v) is 19.2. The Kier molecular flexibility index (Phi) is 4.61. The van der Waals surface area contributed by atoms with Crippen molar-refractivity contribution in [3.05, 3.63) is 0 Å². The molecule has 6 fully saturated rings. The number of esters is 3. The number of carbonyl (C=O) groups excluding carboxylic acids is 3. The Balaban J connectivity index is 1.58. The highest BCUT2D eigenvalue weighted by molar-refractivity contribution is 6.71. The Morgan fingerprint density at radius 2 is 1.94 bits per heavy atom. The lowest BCUT2D eigenvalue weighted by Crippen LogP contribution is -2.67. The standard InChI is InChI=1S/C22H26BO12/c1-3-4-5-9-6-10-20-11(24)12-21(30,8(2)14(25)33-12)22(20,16(27)32-10)35-17-19(9,20)13(15(26)34-17)31-7-23-18(28)29/h8-13,17,24,30H,3-7H2,1-2H3,(H,28,29)/t8?,9-,10?,11-,12?,13-,17-,19?,20?,21+,22-/m1/s1. The van der Waals surface area contributed by atoms with E-state index in [-0.39, 0.29) is 6.42 Å². The molecule has 0 bridgehead atoms. The van der Waals surface area contributed by atoms with Gasteiger partial charge in [0.25, 0.3) is 7.28 Å². The smallest absolute Gasteiger partial charge is 0.343 e. The number of unbranched alkanes of at least 4 members (excludes halogenated alkanes) is 1. The van der Waals surface area contributed by atoms with Gasteiger partial charge in [-0.3, -0.25) is 9.59 Å². The van der Waals surface area contributed by atoms with E-state index >= 15 is 0 Å². The van der Waals surface area contributed by atoms with Gasteiger partial charge < -0.3 is 39.0 Å². The van der Waals surface area contributed by atoms with Crippen molar-refractivity contribution in [2.75, 3.05) is 6.51 Å². The van der Waals surface area contributed by atoms with Gasteiger partial charge in [0.15, 0.2) is 17.8 Å². The van der Waals surface area contributed by atoms with E-state index in [0.29, 0.717) is 6.42 Å². The number of hydrogen-bond acceptors (Lipinski definition) is 11. The third-order valence-electron chi connectivity index (χ3n) is 9.50. The molecule has 5 unspecified atom stereocenters. The monoisotopic (exact) mass is 493 g/mol. The van der Waals surface area contributed by atoms with E-state index in [0.717, 1.165) is 20.1 Å². The largest absolute Gasteiger partial charge is 0.490 e. The number of carboxylic acid groups (broad SMARTS) is 1. The zero-order valence-electron chi connectivity index (χ0n) is 19.2. The van der Waals surface area contributed by atoms with E-state index in [4.69, 9.17) is 28.8 Å². The maximum atomic E-state index is 13.6. The molecule has 35 heavy (non-hydrogen) atoms. The molecular formula is C22H26BO12. The third kappa shape index (κ3) is 2.10. The van der Waals surface area contributed by atoms with Gasteiger partial charge in [0.2, 0.25) is 17.8 Å². The van der Waals surface area contributed by atoms with Gasteiger partial charge in [-0.25, -0.2) is 9.59 Å². The van der Waals surface area contributed by atoms with Crippen LogP contribution in [-0.2, 0) is 38.1 Å². The molecule has 2 saturated carbocycles. The highest BCUT2D eigenvalue weighted by atomic mass is 16.8. The van der Waals surface area contributed by atoms with Crippen LogP contribution < -0.4 is 0 Å². The van der Waals surface area contributed by atoms with Crippen LogP contribution in [0.1, 0.15) is 39.5 Å². The van der Waals surface area contributed by atoms with Crippen LogP contribution in [-0.4, -0.2) is 94.8 Å². The fourth-order valence-corrected chi connectivity index (χ4v) is 8.40. The van der Waals surface area contributed by atoms with Crippen LogP contribution in [0.3, 0.4) is 0 Å². The Morgan fingerprint density at radius 1 is 1.20 bits per heavy atom. The molecule has 189 valence electrons. The second-order valence-electron chi connectivity index (χ2n) is 10.4. The van der Waals surface area contributed by atoms with Gasteiger partial charge in [0, 0.05) is 6.51 Å². The first-order valence-corrected chi connectivity index (χ1v) is 11.9. The number of carbonyl (C=O) groups is 4. The normalized spacial score (nSPS) is 52.5. The van der Waals surface area contributed by atoms with Crippen LogP contribution in [0.4, 0.5) is 4.79 Å². The number of hydrogen-bond donors (Lipinski definition) is 3. The number of aliphatic hydroxyl groups is 2. The number of fused-ring (bicyclic) bond motifs is 1. The molecule has 4 aliphatic heterocycles. The van der Waals surface area contributed by atoms with Crippen LogP contribution in [0, 0.1) is 22.7 Å². The van der Waals surface area contributed by atoms with Crippen molar-refractivity contribution >= 4 is 31.1 Å². The molecule has 0 amide bonds. The fourth-order valence-electron chi connectivity index (χ4n) is 8.40. The predicted octanol–water partition coefficient (Wildman–Crippen LogP) is -0.861. The van der Waals surface area contributed by atoms with E-state index < -0.39 is 94.9 Å². The predicted molar refractivity (Wildman–Crippen MR) is 110 cm³/mol. The first-order valence-electron chi connectivity index (χ1n) is 11.9. The number of aliphatic hydroxyl groups excluding tert-OH is 1. The highest BCUT2D eigenvalue weighted by Gasteiger charge is 3.03. The van der Waals surface area contributed by atoms with Gasteiger partial charge in [0.05, 0.1) is 16.7 Å². The lowest BCUT2D eigenvalue weighted by molar-refractivity contribution is -0.238. The van der Waals surface area contributed by atoms with Crippen LogP contribution in [0.2, 0.25) is 0 Å². The van der Waals surface area contributed by atoms with Crippen molar-refractivity contribution in [3.63, 3.8) is 0 Å². The average molecular weight is 493 g/mol. The van der Waals surface area contributed by atoms with Crippen molar-refractivity contribution < 1.29 is 58.2 Å². The molecule has 1 radical (unpaired) electrons. The van der Waals surface area contributed by atoms with Gasteiger partial charge >= 0.3 is 17.9 Å². The summed E-state index contributed by atoms with van der Waals surface area (Å²) in [6.07, 6.45) is -4.55. The van der Waals surface area contributed by atoms with E-state index in [1.807, 2.05) is 6.92 Å². The minimum Gasteiger partial charge on any atom is -0.490 e. The summed E-state index contributed by atoms with van der Waals surface area (Å²) in [5, 5.41) is 32.9. The molecule has 4 heterocycles. The topological polar surface area (TPSA) is 175 Å². The Labute approximate surface area is 200 Å². The lowest BCUT2D eigenvalue weighted by atomic mass is 9.53. The van der Waals surface area contributed by atoms with Crippen molar-refractivity contribution in [2.45, 2.75) is 81.4 Å². The zero-order chi connectivity index (χ0) is 25.1. The maximum Gasteiger partial charge on any atom is 0.343 e. The van der Waals surface area contributed by atoms with Crippen LogP contribution in [0.5, 0.6) is 0 Å². The van der Waals surface area contributed by atoms with Crippen LogP contribution >= 0.6 is 0 Å². The summed E-state index contributed by atoms with van der Waals surface area (Å²) in [5.41, 5.74) is -7.75. The quantitative estimate of drug-likeness (QED) is 0.228. The van der Waals surface area contributed by atoms with Crippen molar-refractivity contribution in [1.82, 2.24) is 0 Å². The van der Waals surface area contributed by atoms with Gasteiger partial charge in [-0.05, 0) is 25.7 Å². The second-order valence-corrected chi connectivity index (χ2v) is 10.4. The SMILES string of the molecule is CCCC[C@@H]1CC2OC(=O)[C@@]34O[C@H]5OC(=O)[C@@H](OC[B]C(=O)O)C15C23[C@H](O)C1OC(=O)C(C)[C@]14O. The van der Waals surface area contributed by atoms with Gasteiger partial charge in [0.1, 0.15) is 12.2 Å². The van der Waals surface area contributed by atoms with Crippen molar-refractivity contribution in [1.29, 1.82) is 0 Å². The summed E-state index contributed by atoms with van der Waals surface area (Å²) >= 11 is 0. The summed E-state index contributed by atoms with van der Waals surface area (Å²) in [4.78, 5) is 50.3. The van der Waals surface area contributed by atoms with Crippen LogP contribution in [0.15, 0.2) is 0 Å². The molecule has 0 aromatic heterocycles. The second kappa shape index (κ2) is 6.96. The van der Waals surface area contributed by atoms with E-state index in [1.165, 1.54) is 6.92 Å². The van der Waals surface area contributed by atoms with Gasteiger partial charge in [-0.1, -0.05) is 19.8 Å². The molecule has 6 rings (SSSR count). The summed E-state index contributed by atoms with van der Waals surface area (Å²) in [6, 6.07) is 0. The maximum absolute atomic E-state index is 13.6. The van der Waals surface area contributed by atoms with Crippen molar-refractivity contribution in [2.24, 2.45) is 22.7 Å². The molecule has 4 saturated heterocycles. The first kappa shape index (κ1) is 23.2. The number of ether oxygens (including phenoxy) is 5. The van der Waals surface area contributed by atoms with Crippen LogP contribution in [0.25, 0.3) is 0 Å². The minimum atomic E-state index is -2.28. The molecular weight excluding hydrogens is 467 g/mol. The minimum absolute atomic E-state index is 0.245. The van der Waals surface area contributed by atoms with Gasteiger partial charge in [-0.15, -0.1) is 0 Å². The lowest BCUT2D eigenvalue weighted by Gasteiger charge is -2.45. The Hall–Kier alpha value is -2.22. The molecule has 2 aliphatic carbocycles. The summed E-state index contributed by atoms with van der Waals surface area (Å²) in [7, 11) is 0.832. The molecule has 0 aromatic rings. The molecule has 13 heteroatoms. The third-order valence-corrected chi connectivity index (χ3v) is 9.50. The molecule has 6 aliphatic rings. The molecule has 3 N–H and O–H groups in total. The summed E-state index contributed by atoms with van der Waals surface area (Å²) in [5.74, 6) is -5.47. The molecule has 11 atom stereocenters. The number of rotatable bonds is 7. The van der Waals surface area contributed by atoms with Gasteiger partial charge in [-0.2, -0.15) is 0 Å². The highest BCUT2D eigenvalue weighted by Crippen LogP contribution is 2.83. The molecule has 0 aromatic carbocycles. The first-order chi connectivity index (χ1) is 16.6. The summed E-state index contributed by atoms with van der Waals surface area (Å²) in [6.45, 7) is 2.93.